The molecule has 1 aliphatic rings. The van der Waals surface area contributed by atoms with Crippen LogP contribution in [0.4, 0.5) is 0 Å². The minimum atomic E-state index is -0.129. The van der Waals surface area contributed by atoms with Crippen molar-refractivity contribution in [3.05, 3.63) is 40.6 Å². The standard InChI is InChI=1S/C17H24N4O2/c1-11-5-7-13(23-11)10-18-17(22)16-14-9-12(20(2)3)6-8-15(14)21(4)19-16/h5,7,12H,6,8-10H2,1-4H3,(H,18,22)/t12-/m1/s1. The zero-order valence-electron chi connectivity index (χ0n) is 14.2. The molecule has 1 atom stereocenters. The van der Waals surface area contributed by atoms with E-state index in [0.29, 0.717) is 18.3 Å². The van der Waals surface area contributed by atoms with Gasteiger partial charge in [-0.3, -0.25) is 9.48 Å². The molecule has 0 saturated heterocycles. The van der Waals surface area contributed by atoms with Crippen LogP contribution in [-0.2, 0) is 26.4 Å². The normalized spacial score (nSPS) is 17.3. The first-order valence-corrected chi connectivity index (χ1v) is 8.00. The van der Waals surface area contributed by atoms with Crippen molar-refractivity contribution in [3.8, 4) is 0 Å². The highest BCUT2D eigenvalue weighted by molar-refractivity contribution is 5.94. The first-order valence-electron chi connectivity index (χ1n) is 8.00. The summed E-state index contributed by atoms with van der Waals surface area (Å²) in [5.74, 6) is 1.47. The number of amides is 1. The van der Waals surface area contributed by atoms with Gasteiger partial charge in [0.15, 0.2) is 5.69 Å². The minimum absolute atomic E-state index is 0.129. The predicted octanol–water partition coefficient (Wildman–Crippen LogP) is 1.67. The van der Waals surface area contributed by atoms with Crippen molar-refractivity contribution in [1.29, 1.82) is 0 Å². The number of likely N-dealkylation sites (N-methyl/N-ethyl adjacent to an activating group) is 1. The minimum Gasteiger partial charge on any atom is -0.465 e. The molecule has 1 aliphatic carbocycles. The molecular weight excluding hydrogens is 292 g/mol. The van der Waals surface area contributed by atoms with E-state index in [1.165, 1.54) is 5.69 Å². The third-order valence-corrected chi connectivity index (χ3v) is 4.59. The van der Waals surface area contributed by atoms with Crippen molar-refractivity contribution in [2.45, 2.75) is 38.8 Å². The summed E-state index contributed by atoms with van der Waals surface area (Å²) in [7, 11) is 6.09. The van der Waals surface area contributed by atoms with Crippen molar-refractivity contribution < 1.29 is 9.21 Å². The van der Waals surface area contributed by atoms with Gasteiger partial charge in [0, 0.05) is 24.3 Å². The molecule has 0 spiro atoms. The average molecular weight is 316 g/mol. The monoisotopic (exact) mass is 316 g/mol. The van der Waals surface area contributed by atoms with Gasteiger partial charge in [-0.15, -0.1) is 0 Å². The molecule has 124 valence electrons. The molecule has 23 heavy (non-hydrogen) atoms. The summed E-state index contributed by atoms with van der Waals surface area (Å²) in [6.07, 6.45) is 2.94. The Bertz CT molecular complexity index is 714. The molecule has 0 radical (unpaired) electrons. The third kappa shape index (κ3) is 3.17. The van der Waals surface area contributed by atoms with Crippen molar-refractivity contribution >= 4 is 5.91 Å². The fourth-order valence-electron chi connectivity index (χ4n) is 3.23. The molecule has 0 unspecified atom stereocenters. The van der Waals surface area contributed by atoms with Gasteiger partial charge in [-0.2, -0.15) is 5.10 Å². The second-order valence-corrected chi connectivity index (χ2v) is 6.45. The number of furan rings is 1. The highest BCUT2D eigenvalue weighted by atomic mass is 16.3. The number of fused-ring (bicyclic) bond motifs is 1. The van der Waals surface area contributed by atoms with Crippen LogP contribution in [-0.4, -0.2) is 40.7 Å². The molecule has 1 amide bonds. The van der Waals surface area contributed by atoms with E-state index in [9.17, 15) is 4.79 Å². The summed E-state index contributed by atoms with van der Waals surface area (Å²) in [5, 5.41) is 7.37. The Hall–Kier alpha value is -2.08. The summed E-state index contributed by atoms with van der Waals surface area (Å²) in [6, 6.07) is 4.24. The molecule has 0 saturated carbocycles. The number of aromatic nitrogens is 2. The number of nitrogens with one attached hydrogen (secondary N) is 1. The van der Waals surface area contributed by atoms with Crippen LogP contribution < -0.4 is 5.32 Å². The molecule has 2 aromatic rings. The number of aryl methyl sites for hydroxylation is 2. The third-order valence-electron chi connectivity index (χ3n) is 4.59. The van der Waals surface area contributed by atoms with Crippen LogP contribution in [0.5, 0.6) is 0 Å². The number of hydrogen-bond acceptors (Lipinski definition) is 4. The molecule has 0 aromatic carbocycles. The summed E-state index contributed by atoms with van der Waals surface area (Å²) < 4.78 is 7.34. The van der Waals surface area contributed by atoms with Crippen molar-refractivity contribution in [3.63, 3.8) is 0 Å². The van der Waals surface area contributed by atoms with Crippen LogP contribution >= 0.6 is 0 Å². The van der Waals surface area contributed by atoms with Gasteiger partial charge in [-0.1, -0.05) is 0 Å². The van der Waals surface area contributed by atoms with E-state index < -0.39 is 0 Å². The highest BCUT2D eigenvalue weighted by Crippen LogP contribution is 2.26. The molecule has 2 heterocycles. The predicted molar refractivity (Wildman–Crippen MR) is 87.3 cm³/mol. The van der Waals surface area contributed by atoms with Gasteiger partial charge in [0.05, 0.1) is 6.54 Å². The van der Waals surface area contributed by atoms with Crippen molar-refractivity contribution in [2.24, 2.45) is 7.05 Å². The van der Waals surface area contributed by atoms with Gasteiger partial charge in [-0.25, -0.2) is 0 Å². The highest BCUT2D eigenvalue weighted by Gasteiger charge is 2.29. The van der Waals surface area contributed by atoms with Gasteiger partial charge in [0.1, 0.15) is 11.5 Å². The lowest BCUT2D eigenvalue weighted by molar-refractivity contribution is 0.0940. The second-order valence-electron chi connectivity index (χ2n) is 6.45. The van der Waals surface area contributed by atoms with E-state index in [2.05, 4.69) is 29.4 Å². The average Bonchev–Trinajstić information content (AvgIpc) is 3.08. The molecule has 6 nitrogen and oxygen atoms in total. The SMILES string of the molecule is Cc1ccc(CNC(=O)c2nn(C)c3c2C[C@H](N(C)C)CC3)o1. The van der Waals surface area contributed by atoms with Crippen LogP contribution in [0.2, 0.25) is 0 Å². The smallest absolute Gasteiger partial charge is 0.272 e. The zero-order valence-corrected chi connectivity index (χ0v) is 14.2. The van der Waals surface area contributed by atoms with Gasteiger partial charge in [0.25, 0.3) is 5.91 Å². The molecule has 0 fully saturated rings. The van der Waals surface area contributed by atoms with Crippen LogP contribution in [0.15, 0.2) is 16.5 Å². The number of hydrogen-bond donors (Lipinski definition) is 1. The van der Waals surface area contributed by atoms with Crippen LogP contribution in [0.25, 0.3) is 0 Å². The first-order chi connectivity index (χ1) is 11.0. The maximum Gasteiger partial charge on any atom is 0.272 e. The molecule has 0 aliphatic heterocycles. The van der Waals surface area contributed by atoms with E-state index in [1.807, 2.05) is 30.8 Å². The lowest BCUT2D eigenvalue weighted by atomic mass is 9.90. The largest absolute Gasteiger partial charge is 0.465 e. The summed E-state index contributed by atoms with van der Waals surface area (Å²) >= 11 is 0. The first kappa shape index (κ1) is 15.8. The second kappa shape index (κ2) is 6.20. The van der Waals surface area contributed by atoms with Gasteiger partial charge in [-0.05, 0) is 52.4 Å². The summed E-state index contributed by atoms with van der Waals surface area (Å²) in [6.45, 7) is 2.27. The molecule has 2 aromatic heterocycles. The fourth-order valence-corrected chi connectivity index (χ4v) is 3.23. The summed E-state index contributed by atoms with van der Waals surface area (Å²) in [5.41, 5.74) is 2.82. The maximum absolute atomic E-state index is 12.5. The van der Waals surface area contributed by atoms with Gasteiger partial charge < -0.3 is 14.6 Å². The fraction of sp³-hybridized carbons (Fsp3) is 0.529. The summed E-state index contributed by atoms with van der Waals surface area (Å²) in [4.78, 5) is 14.8. The van der Waals surface area contributed by atoms with E-state index in [1.54, 1.807) is 0 Å². The number of carbonyl (C=O) groups excluding carboxylic acids is 1. The Kier molecular flexibility index (Phi) is 4.26. The Labute approximate surface area is 136 Å². The number of carbonyl (C=O) groups is 1. The maximum atomic E-state index is 12.5. The van der Waals surface area contributed by atoms with Crippen LogP contribution in [0.3, 0.4) is 0 Å². The molecule has 3 rings (SSSR count). The van der Waals surface area contributed by atoms with Gasteiger partial charge in [0.2, 0.25) is 0 Å². The molecule has 6 heteroatoms. The Morgan fingerprint density at radius 1 is 1.48 bits per heavy atom. The lowest BCUT2D eigenvalue weighted by Crippen LogP contribution is -2.34. The van der Waals surface area contributed by atoms with E-state index in [4.69, 9.17) is 4.42 Å². The van der Waals surface area contributed by atoms with Crippen molar-refractivity contribution in [1.82, 2.24) is 20.0 Å². The van der Waals surface area contributed by atoms with Crippen LogP contribution in [0.1, 0.15) is 39.7 Å². The Balaban J connectivity index is 1.76. The quantitative estimate of drug-likeness (QED) is 0.932. The Morgan fingerprint density at radius 3 is 2.91 bits per heavy atom. The van der Waals surface area contributed by atoms with E-state index in [-0.39, 0.29) is 5.91 Å². The van der Waals surface area contributed by atoms with Crippen LogP contribution in [0, 0.1) is 6.92 Å². The van der Waals surface area contributed by atoms with Gasteiger partial charge >= 0.3 is 0 Å². The van der Waals surface area contributed by atoms with E-state index in [0.717, 1.165) is 36.3 Å². The topological polar surface area (TPSA) is 63.3 Å². The number of nitrogens with zero attached hydrogens (tertiary/aromatic N) is 3. The Morgan fingerprint density at radius 2 is 2.26 bits per heavy atom. The van der Waals surface area contributed by atoms with E-state index >= 15 is 0 Å². The molecule has 1 N–H and O–H groups in total. The van der Waals surface area contributed by atoms with Crippen molar-refractivity contribution in [2.75, 3.05) is 14.1 Å². The zero-order chi connectivity index (χ0) is 16.6. The molecular formula is C17H24N4O2. The lowest BCUT2D eigenvalue weighted by Gasteiger charge is -2.28. The number of rotatable bonds is 4. The molecule has 0 bridgehead atoms.